The molecule has 1 aliphatic heterocycles. The Morgan fingerprint density at radius 2 is 1.52 bits per heavy atom. The first kappa shape index (κ1) is 25.7. The molecule has 25 heavy (non-hydrogen) atoms. The molecule has 0 spiro atoms. The van der Waals surface area contributed by atoms with E-state index in [-0.39, 0.29) is 18.1 Å². The van der Waals surface area contributed by atoms with E-state index in [0.29, 0.717) is 0 Å². The number of nitrogens with zero attached hydrogens (tertiary/aromatic N) is 2. The van der Waals surface area contributed by atoms with Crippen LogP contribution in [0.1, 0.15) is 55.4 Å². The maximum Gasteiger partial charge on any atom is 0.248 e. The molecule has 4 nitrogen and oxygen atoms in total. The highest BCUT2D eigenvalue weighted by Crippen LogP contribution is 2.12. The van der Waals surface area contributed by atoms with Gasteiger partial charge >= 0.3 is 0 Å². The summed E-state index contributed by atoms with van der Waals surface area (Å²) in [6.07, 6.45) is 7.91. The topological polar surface area (TPSA) is 32.8 Å². The second kappa shape index (κ2) is 14.8. The van der Waals surface area contributed by atoms with E-state index in [9.17, 15) is 4.79 Å². The Morgan fingerprint density at radius 1 is 1.04 bits per heavy atom. The highest BCUT2D eigenvalue weighted by Gasteiger charge is 2.22. The Bertz CT molecular complexity index is 412. The Morgan fingerprint density at radius 3 is 1.92 bits per heavy atom. The van der Waals surface area contributed by atoms with Gasteiger partial charge in [-0.1, -0.05) is 46.4 Å². The summed E-state index contributed by atoms with van der Waals surface area (Å²) in [6.45, 7) is 23.0. The molecule has 0 radical (unpaired) electrons. The third-order valence-electron chi connectivity index (χ3n) is 3.29. The summed E-state index contributed by atoms with van der Waals surface area (Å²) in [5, 5.41) is 0. The molecular weight excluding hydrogens is 312 g/mol. The van der Waals surface area contributed by atoms with E-state index in [2.05, 4.69) is 11.5 Å². The minimum absolute atomic E-state index is 0.0714. The van der Waals surface area contributed by atoms with Gasteiger partial charge in [0.05, 0.1) is 5.60 Å². The van der Waals surface area contributed by atoms with E-state index >= 15 is 0 Å². The maximum absolute atomic E-state index is 12.1. The number of rotatable bonds is 5. The molecule has 0 saturated carbocycles. The number of carbonyl (C=O) groups is 1. The highest BCUT2D eigenvalue weighted by atomic mass is 16.5. The lowest BCUT2D eigenvalue weighted by atomic mass is 10.2. The monoisotopic (exact) mass is 352 g/mol. The second-order valence-electron chi connectivity index (χ2n) is 6.09. The van der Waals surface area contributed by atoms with Gasteiger partial charge < -0.3 is 14.5 Å². The molecule has 1 fully saturated rings. The summed E-state index contributed by atoms with van der Waals surface area (Å²) in [5.74, 6) is 0.0714. The van der Waals surface area contributed by atoms with Gasteiger partial charge in [-0.2, -0.15) is 0 Å². The van der Waals surface area contributed by atoms with Crippen molar-refractivity contribution in [3.63, 3.8) is 0 Å². The van der Waals surface area contributed by atoms with Gasteiger partial charge in [0.1, 0.15) is 6.61 Å². The molecule has 1 saturated heterocycles. The molecule has 0 aromatic rings. The Balaban J connectivity index is 0. The quantitative estimate of drug-likeness (QED) is 0.676. The fraction of sp³-hybridized carbons (Fsp3) is 0.667. The van der Waals surface area contributed by atoms with E-state index in [1.165, 1.54) is 0 Å². The Hall–Kier alpha value is -1.55. The summed E-state index contributed by atoms with van der Waals surface area (Å²) in [6, 6.07) is 0. The number of allylic oxidation sites excluding steroid dienone is 4. The van der Waals surface area contributed by atoms with Gasteiger partial charge in [0.25, 0.3) is 0 Å². The van der Waals surface area contributed by atoms with Crippen LogP contribution in [-0.4, -0.2) is 54.1 Å². The number of carbonyl (C=O) groups excluding carboxylic acids is 1. The molecule has 0 N–H and O–H groups in total. The maximum atomic E-state index is 12.1. The van der Waals surface area contributed by atoms with Crippen molar-refractivity contribution in [2.24, 2.45) is 0 Å². The van der Waals surface area contributed by atoms with Crippen LogP contribution in [0.25, 0.3) is 0 Å². The zero-order valence-corrected chi connectivity index (χ0v) is 17.8. The van der Waals surface area contributed by atoms with Crippen molar-refractivity contribution in [2.75, 3.05) is 32.8 Å². The lowest BCUT2D eigenvalue weighted by Gasteiger charge is -2.37. The summed E-state index contributed by atoms with van der Waals surface area (Å²) in [4.78, 5) is 16.2. The standard InChI is InChI=1S/C17H28N2O2.2C2H6/c1-6-8-9-15(7-2)18-10-12-19(13-11-18)16(20)14-21-17(3,4)5;2*1-2/h6-9H,2,10-14H2,1,3-5H3;2*1-2H3/b8-6-,15-9+;;. The van der Waals surface area contributed by atoms with Gasteiger partial charge in [0.2, 0.25) is 5.91 Å². The molecule has 146 valence electrons. The number of ether oxygens (including phenoxy) is 1. The van der Waals surface area contributed by atoms with Crippen molar-refractivity contribution in [2.45, 2.75) is 61.0 Å². The third kappa shape index (κ3) is 11.6. The molecule has 1 aliphatic rings. The van der Waals surface area contributed by atoms with Gasteiger partial charge in [0.15, 0.2) is 0 Å². The number of piperazine rings is 1. The summed E-state index contributed by atoms with van der Waals surface area (Å²) in [5.41, 5.74) is 0.828. The average molecular weight is 353 g/mol. The van der Waals surface area contributed by atoms with E-state index in [4.69, 9.17) is 4.74 Å². The largest absolute Gasteiger partial charge is 0.368 e. The molecule has 1 heterocycles. The van der Waals surface area contributed by atoms with Crippen molar-refractivity contribution in [3.05, 3.63) is 36.6 Å². The number of hydrogen-bond acceptors (Lipinski definition) is 3. The van der Waals surface area contributed by atoms with E-state index < -0.39 is 0 Å². The molecule has 0 atom stereocenters. The lowest BCUT2D eigenvalue weighted by molar-refractivity contribution is -0.142. The molecule has 1 rings (SSSR count). The smallest absolute Gasteiger partial charge is 0.248 e. The minimum Gasteiger partial charge on any atom is -0.368 e. The zero-order valence-electron chi connectivity index (χ0n) is 17.8. The number of hydrogen-bond donors (Lipinski definition) is 0. The molecule has 0 bridgehead atoms. The molecular formula is C21H40N2O2. The third-order valence-corrected chi connectivity index (χ3v) is 3.29. The highest BCUT2D eigenvalue weighted by molar-refractivity contribution is 5.77. The van der Waals surface area contributed by atoms with Crippen LogP contribution in [0.2, 0.25) is 0 Å². The Kier molecular flexibility index (Phi) is 15.2. The normalized spacial score (nSPS) is 15.1. The first-order valence-electron chi connectivity index (χ1n) is 9.49. The first-order chi connectivity index (χ1) is 11.9. The molecule has 4 heteroatoms. The summed E-state index contributed by atoms with van der Waals surface area (Å²) in [7, 11) is 0. The molecule has 0 aromatic carbocycles. The van der Waals surface area contributed by atoms with Crippen LogP contribution in [0.4, 0.5) is 0 Å². The molecule has 0 aliphatic carbocycles. The van der Waals surface area contributed by atoms with Gasteiger partial charge in [-0.15, -0.1) is 0 Å². The van der Waals surface area contributed by atoms with Crippen LogP contribution in [0.15, 0.2) is 36.6 Å². The van der Waals surface area contributed by atoms with Crippen molar-refractivity contribution in [1.29, 1.82) is 0 Å². The second-order valence-corrected chi connectivity index (χ2v) is 6.09. The van der Waals surface area contributed by atoms with Crippen LogP contribution in [0.3, 0.4) is 0 Å². The van der Waals surface area contributed by atoms with E-state index in [1.54, 1.807) is 0 Å². The lowest BCUT2D eigenvalue weighted by Crippen LogP contribution is -2.49. The average Bonchev–Trinajstić information content (AvgIpc) is 2.63. The van der Waals surface area contributed by atoms with Crippen LogP contribution >= 0.6 is 0 Å². The van der Waals surface area contributed by atoms with Gasteiger partial charge in [-0.05, 0) is 39.8 Å². The fourth-order valence-corrected chi connectivity index (χ4v) is 2.08. The fourth-order valence-electron chi connectivity index (χ4n) is 2.08. The first-order valence-corrected chi connectivity index (χ1v) is 9.49. The van der Waals surface area contributed by atoms with Crippen LogP contribution in [0, 0.1) is 0 Å². The number of amides is 1. The van der Waals surface area contributed by atoms with Gasteiger partial charge in [0, 0.05) is 31.9 Å². The van der Waals surface area contributed by atoms with Crippen LogP contribution in [0.5, 0.6) is 0 Å². The summed E-state index contributed by atoms with van der Waals surface area (Å²) >= 11 is 0. The predicted octanol–water partition coefficient (Wildman–Crippen LogP) is 4.64. The zero-order chi connectivity index (χ0) is 19.9. The SMILES string of the molecule is C=C/C(=C\C=C/C)N1CCN(C(=O)COC(C)(C)C)CC1.CC.CC. The van der Waals surface area contributed by atoms with Crippen molar-refractivity contribution < 1.29 is 9.53 Å². The molecule has 0 unspecified atom stereocenters. The van der Waals surface area contributed by atoms with Gasteiger partial charge in [-0.25, -0.2) is 0 Å². The molecule has 0 aromatic heterocycles. The van der Waals surface area contributed by atoms with Crippen molar-refractivity contribution >= 4 is 5.91 Å². The van der Waals surface area contributed by atoms with Crippen LogP contribution in [-0.2, 0) is 9.53 Å². The summed E-state index contributed by atoms with van der Waals surface area (Å²) < 4.78 is 5.55. The van der Waals surface area contributed by atoms with E-state index in [0.717, 1.165) is 31.9 Å². The molecule has 1 amide bonds. The van der Waals surface area contributed by atoms with Crippen LogP contribution < -0.4 is 0 Å². The predicted molar refractivity (Wildman–Crippen MR) is 110 cm³/mol. The van der Waals surface area contributed by atoms with Gasteiger partial charge in [-0.3, -0.25) is 4.79 Å². The van der Waals surface area contributed by atoms with Crippen molar-refractivity contribution in [1.82, 2.24) is 9.80 Å². The van der Waals surface area contributed by atoms with Crippen molar-refractivity contribution in [3.8, 4) is 0 Å². The Labute approximate surface area is 156 Å². The van der Waals surface area contributed by atoms with E-state index in [1.807, 2.05) is 84.6 Å². The minimum atomic E-state index is -0.275.